The van der Waals surface area contributed by atoms with E-state index >= 15 is 0 Å². The Kier molecular flexibility index (Phi) is 2.97. The lowest BCUT2D eigenvalue weighted by Crippen LogP contribution is -2.11. The van der Waals surface area contributed by atoms with Gasteiger partial charge in [0.1, 0.15) is 0 Å². The quantitative estimate of drug-likeness (QED) is 0.881. The van der Waals surface area contributed by atoms with Crippen molar-refractivity contribution in [1.82, 2.24) is 0 Å². The number of aliphatic carboxylic acids is 1. The molecule has 0 saturated carbocycles. The van der Waals surface area contributed by atoms with Crippen LogP contribution >= 0.6 is 11.6 Å². The van der Waals surface area contributed by atoms with Gasteiger partial charge < -0.3 is 5.11 Å². The second kappa shape index (κ2) is 4.26. The monoisotopic (exact) mass is 238 g/mol. The van der Waals surface area contributed by atoms with Gasteiger partial charge in [-0.25, -0.2) is 0 Å². The molecule has 1 aromatic rings. The Balaban J connectivity index is 2.15. The summed E-state index contributed by atoms with van der Waals surface area (Å²) in [7, 11) is 0. The Labute approximate surface area is 98.0 Å². The maximum atomic E-state index is 11.9. The largest absolute Gasteiger partial charge is 0.481 e. The van der Waals surface area contributed by atoms with Gasteiger partial charge in [-0.1, -0.05) is 17.7 Å². The number of hydrogen-bond acceptors (Lipinski definition) is 2. The van der Waals surface area contributed by atoms with E-state index in [1.54, 1.807) is 12.1 Å². The lowest BCUT2D eigenvalue weighted by atomic mass is 9.99. The Morgan fingerprint density at radius 3 is 2.94 bits per heavy atom. The highest BCUT2D eigenvalue weighted by molar-refractivity contribution is 6.31. The van der Waals surface area contributed by atoms with Crippen LogP contribution in [0.15, 0.2) is 18.2 Å². The first-order chi connectivity index (χ1) is 7.58. The van der Waals surface area contributed by atoms with E-state index in [1.807, 2.05) is 6.07 Å². The smallest absolute Gasteiger partial charge is 0.303 e. The van der Waals surface area contributed by atoms with E-state index in [0.29, 0.717) is 23.4 Å². The minimum atomic E-state index is -0.859. The average Bonchev–Trinajstić information content (AvgIpc) is 2.53. The van der Waals surface area contributed by atoms with E-state index in [0.717, 1.165) is 5.56 Å². The predicted octanol–water partition coefficient (Wildman–Crippen LogP) is 2.56. The lowest BCUT2D eigenvalue weighted by Gasteiger charge is -2.04. The summed E-state index contributed by atoms with van der Waals surface area (Å²) in [6.45, 7) is 0. The number of Topliss-reactive ketones (excluding diaryl/α,β-unsaturated/α-hetero) is 1. The van der Waals surface area contributed by atoms with Crippen molar-refractivity contribution in [3.63, 3.8) is 0 Å². The molecule has 1 aliphatic carbocycles. The highest BCUT2D eigenvalue weighted by Gasteiger charge is 2.30. The molecular formula is C12H11ClO3. The highest BCUT2D eigenvalue weighted by atomic mass is 35.5. The van der Waals surface area contributed by atoms with E-state index in [4.69, 9.17) is 16.7 Å². The van der Waals surface area contributed by atoms with Crippen molar-refractivity contribution in [2.75, 3.05) is 0 Å². The zero-order chi connectivity index (χ0) is 11.7. The summed E-state index contributed by atoms with van der Waals surface area (Å²) >= 11 is 5.82. The van der Waals surface area contributed by atoms with Gasteiger partial charge in [-0.2, -0.15) is 0 Å². The average molecular weight is 239 g/mol. The van der Waals surface area contributed by atoms with Crippen molar-refractivity contribution in [1.29, 1.82) is 0 Å². The fourth-order valence-corrected chi connectivity index (χ4v) is 2.24. The normalized spacial score (nSPS) is 18.6. The molecule has 1 atom stereocenters. The van der Waals surface area contributed by atoms with E-state index < -0.39 is 5.97 Å². The molecule has 1 unspecified atom stereocenters. The van der Waals surface area contributed by atoms with Crippen molar-refractivity contribution in [3.05, 3.63) is 34.3 Å². The van der Waals surface area contributed by atoms with Gasteiger partial charge in [0.15, 0.2) is 5.78 Å². The number of benzene rings is 1. The van der Waals surface area contributed by atoms with Gasteiger partial charge in [-0.15, -0.1) is 0 Å². The standard InChI is InChI=1S/C12H11ClO3/c13-9-3-1-7-5-8(2-4-11(14)15)12(16)10(7)6-9/h1,3,6,8H,2,4-5H2,(H,14,15). The minimum absolute atomic E-state index is 0.0266. The molecule has 1 aliphatic rings. The molecule has 0 spiro atoms. The van der Waals surface area contributed by atoms with Crippen LogP contribution in [0.3, 0.4) is 0 Å². The number of carboxylic acid groups (broad SMARTS) is 1. The maximum Gasteiger partial charge on any atom is 0.303 e. The Bertz CT molecular complexity index is 454. The Morgan fingerprint density at radius 2 is 2.25 bits per heavy atom. The van der Waals surface area contributed by atoms with E-state index in [1.165, 1.54) is 0 Å². The molecule has 4 heteroatoms. The molecule has 0 fully saturated rings. The molecule has 16 heavy (non-hydrogen) atoms. The number of ketones is 1. The van der Waals surface area contributed by atoms with Crippen LogP contribution in [-0.4, -0.2) is 16.9 Å². The SMILES string of the molecule is O=C(O)CCC1Cc2ccc(Cl)cc2C1=O. The summed E-state index contributed by atoms with van der Waals surface area (Å²) in [6, 6.07) is 5.27. The first kappa shape index (κ1) is 11.1. The molecule has 0 radical (unpaired) electrons. The predicted molar refractivity (Wildman–Crippen MR) is 59.8 cm³/mol. The second-order valence-electron chi connectivity index (χ2n) is 4.00. The molecule has 1 aromatic carbocycles. The third-order valence-electron chi connectivity index (χ3n) is 2.88. The van der Waals surface area contributed by atoms with Crippen LogP contribution in [0.4, 0.5) is 0 Å². The number of carbonyl (C=O) groups excluding carboxylic acids is 1. The number of carboxylic acids is 1. The number of fused-ring (bicyclic) bond motifs is 1. The minimum Gasteiger partial charge on any atom is -0.481 e. The Morgan fingerprint density at radius 1 is 1.50 bits per heavy atom. The van der Waals surface area contributed by atoms with Crippen molar-refractivity contribution < 1.29 is 14.7 Å². The van der Waals surface area contributed by atoms with Crippen LogP contribution in [-0.2, 0) is 11.2 Å². The molecule has 84 valence electrons. The zero-order valence-electron chi connectivity index (χ0n) is 8.57. The third kappa shape index (κ3) is 2.09. The molecule has 0 amide bonds. The number of rotatable bonds is 3. The molecule has 0 aromatic heterocycles. The van der Waals surface area contributed by atoms with E-state index in [9.17, 15) is 9.59 Å². The van der Waals surface area contributed by atoms with E-state index in [-0.39, 0.29) is 18.1 Å². The highest BCUT2D eigenvalue weighted by Crippen LogP contribution is 2.31. The molecule has 0 bridgehead atoms. The molecule has 0 saturated heterocycles. The summed E-state index contributed by atoms with van der Waals surface area (Å²) in [5.41, 5.74) is 1.63. The lowest BCUT2D eigenvalue weighted by molar-refractivity contribution is -0.137. The summed E-state index contributed by atoms with van der Waals surface area (Å²) in [5, 5.41) is 9.14. The van der Waals surface area contributed by atoms with Crippen molar-refractivity contribution in [2.24, 2.45) is 5.92 Å². The van der Waals surface area contributed by atoms with Gasteiger partial charge in [-0.3, -0.25) is 9.59 Å². The molecular weight excluding hydrogens is 228 g/mol. The van der Waals surface area contributed by atoms with E-state index in [2.05, 4.69) is 0 Å². The fraction of sp³-hybridized carbons (Fsp3) is 0.333. The van der Waals surface area contributed by atoms with Crippen molar-refractivity contribution in [2.45, 2.75) is 19.3 Å². The van der Waals surface area contributed by atoms with Gasteiger partial charge >= 0.3 is 5.97 Å². The topological polar surface area (TPSA) is 54.4 Å². The van der Waals surface area contributed by atoms with Gasteiger partial charge in [0.05, 0.1) is 0 Å². The molecule has 0 aliphatic heterocycles. The van der Waals surface area contributed by atoms with Gasteiger partial charge in [0.2, 0.25) is 0 Å². The van der Waals surface area contributed by atoms with Crippen LogP contribution in [0.25, 0.3) is 0 Å². The van der Waals surface area contributed by atoms with Crippen LogP contribution in [0.5, 0.6) is 0 Å². The van der Waals surface area contributed by atoms with Crippen LogP contribution in [0, 0.1) is 5.92 Å². The molecule has 2 rings (SSSR count). The Hall–Kier alpha value is -1.35. The summed E-state index contributed by atoms with van der Waals surface area (Å²) < 4.78 is 0. The number of hydrogen-bond donors (Lipinski definition) is 1. The van der Waals surface area contributed by atoms with Crippen LogP contribution in [0.2, 0.25) is 5.02 Å². The van der Waals surface area contributed by atoms with Gasteiger partial charge in [0, 0.05) is 22.9 Å². The number of carbonyl (C=O) groups is 2. The first-order valence-corrected chi connectivity index (χ1v) is 5.50. The summed E-state index contributed by atoms with van der Waals surface area (Å²) in [4.78, 5) is 22.4. The first-order valence-electron chi connectivity index (χ1n) is 5.12. The second-order valence-corrected chi connectivity index (χ2v) is 4.44. The van der Waals surface area contributed by atoms with Crippen molar-refractivity contribution >= 4 is 23.4 Å². The van der Waals surface area contributed by atoms with Crippen LogP contribution < -0.4 is 0 Å². The van der Waals surface area contributed by atoms with Gasteiger partial charge in [-0.05, 0) is 30.5 Å². The molecule has 3 nitrogen and oxygen atoms in total. The van der Waals surface area contributed by atoms with Gasteiger partial charge in [0.25, 0.3) is 0 Å². The maximum absolute atomic E-state index is 11.9. The van der Waals surface area contributed by atoms with Crippen LogP contribution in [0.1, 0.15) is 28.8 Å². The number of halogens is 1. The van der Waals surface area contributed by atoms with Crippen molar-refractivity contribution in [3.8, 4) is 0 Å². The third-order valence-corrected chi connectivity index (χ3v) is 3.12. The zero-order valence-corrected chi connectivity index (χ0v) is 9.33. The summed E-state index contributed by atoms with van der Waals surface area (Å²) in [6.07, 6.45) is 1.08. The molecule has 1 N–H and O–H groups in total. The summed E-state index contributed by atoms with van der Waals surface area (Å²) in [5.74, 6) is -1.02. The molecule has 0 heterocycles. The fourth-order valence-electron chi connectivity index (χ4n) is 2.06.